The summed E-state index contributed by atoms with van der Waals surface area (Å²) in [6.45, 7) is 5.93. The van der Waals surface area contributed by atoms with Gasteiger partial charge in [0.2, 0.25) is 0 Å². The van der Waals surface area contributed by atoms with Gasteiger partial charge in [-0.25, -0.2) is 0 Å². The number of nitrogens with zero attached hydrogens (tertiary/aromatic N) is 2. The van der Waals surface area contributed by atoms with E-state index in [9.17, 15) is 0 Å². The maximum atomic E-state index is 5.18. The predicted molar refractivity (Wildman–Crippen MR) is 79.5 cm³/mol. The normalized spacial score (nSPS) is 11.6. The lowest BCUT2D eigenvalue weighted by atomic mass is 10.1. The Kier molecular flexibility index (Phi) is 3.56. The van der Waals surface area contributed by atoms with Crippen LogP contribution in [0.2, 0.25) is 0 Å². The molecular weight excluding hydrogens is 250 g/mol. The summed E-state index contributed by atoms with van der Waals surface area (Å²) in [5.74, 6) is 0.869. The highest BCUT2D eigenvalue weighted by atomic mass is 16.5. The molecule has 0 atom stereocenters. The molecule has 104 valence electrons. The van der Waals surface area contributed by atoms with Crippen molar-refractivity contribution >= 4 is 10.9 Å². The van der Waals surface area contributed by atoms with Gasteiger partial charge in [0.05, 0.1) is 12.7 Å². The zero-order chi connectivity index (χ0) is 13.9. The Labute approximate surface area is 118 Å². The van der Waals surface area contributed by atoms with Crippen LogP contribution in [0.4, 0.5) is 0 Å². The fourth-order valence-electron chi connectivity index (χ4n) is 2.38. The van der Waals surface area contributed by atoms with E-state index in [1.54, 1.807) is 6.20 Å². The lowest BCUT2D eigenvalue weighted by molar-refractivity contribution is 0.378. The smallest absolute Gasteiger partial charge is 0.156 e. The van der Waals surface area contributed by atoms with Gasteiger partial charge in [-0.2, -0.15) is 0 Å². The molecule has 20 heavy (non-hydrogen) atoms. The SMILES string of the molecule is CC(C)NCc1cccc2c1ccn2Cc1ccno1. The maximum Gasteiger partial charge on any atom is 0.156 e. The molecule has 0 aliphatic rings. The van der Waals surface area contributed by atoms with Gasteiger partial charge in [0.1, 0.15) is 0 Å². The number of hydrogen-bond donors (Lipinski definition) is 1. The summed E-state index contributed by atoms with van der Waals surface area (Å²) < 4.78 is 7.37. The van der Waals surface area contributed by atoms with Gasteiger partial charge in [0, 0.05) is 35.8 Å². The summed E-state index contributed by atoms with van der Waals surface area (Å²) in [5.41, 5.74) is 2.55. The Morgan fingerprint density at radius 1 is 1.25 bits per heavy atom. The number of benzene rings is 1. The van der Waals surface area contributed by atoms with Crippen molar-refractivity contribution in [2.45, 2.75) is 33.0 Å². The molecule has 4 nitrogen and oxygen atoms in total. The molecule has 0 amide bonds. The summed E-state index contributed by atoms with van der Waals surface area (Å²) in [6, 6.07) is 11.0. The molecule has 3 rings (SSSR count). The third-order valence-electron chi connectivity index (χ3n) is 3.42. The minimum Gasteiger partial charge on any atom is -0.359 e. The van der Waals surface area contributed by atoms with Crippen molar-refractivity contribution in [1.82, 2.24) is 15.0 Å². The van der Waals surface area contributed by atoms with Crippen molar-refractivity contribution in [3.8, 4) is 0 Å². The van der Waals surface area contributed by atoms with Gasteiger partial charge >= 0.3 is 0 Å². The molecule has 0 unspecified atom stereocenters. The first-order chi connectivity index (χ1) is 9.74. The van der Waals surface area contributed by atoms with Crippen LogP contribution in [0.3, 0.4) is 0 Å². The van der Waals surface area contributed by atoms with E-state index >= 15 is 0 Å². The highest BCUT2D eigenvalue weighted by Crippen LogP contribution is 2.21. The van der Waals surface area contributed by atoms with E-state index < -0.39 is 0 Å². The van der Waals surface area contributed by atoms with Gasteiger partial charge in [0.25, 0.3) is 0 Å². The van der Waals surface area contributed by atoms with Crippen molar-refractivity contribution in [3.05, 3.63) is 54.0 Å². The van der Waals surface area contributed by atoms with E-state index in [4.69, 9.17) is 4.52 Å². The molecule has 0 fully saturated rings. The van der Waals surface area contributed by atoms with Crippen LogP contribution < -0.4 is 5.32 Å². The van der Waals surface area contributed by atoms with E-state index in [0.717, 1.165) is 12.3 Å². The average Bonchev–Trinajstić information content (AvgIpc) is 3.07. The lowest BCUT2D eigenvalue weighted by Gasteiger charge is -2.10. The number of fused-ring (bicyclic) bond motifs is 1. The maximum absolute atomic E-state index is 5.18. The second-order valence-corrected chi connectivity index (χ2v) is 5.31. The van der Waals surface area contributed by atoms with E-state index in [1.165, 1.54) is 16.5 Å². The van der Waals surface area contributed by atoms with E-state index in [1.807, 2.05) is 6.07 Å². The third-order valence-corrected chi connectivity index (χ3v) is 3.42. The molecule has 0 saturated heterocycles. The van der Waals surface area contributed by atoms with Crippen molar-refractivity contribution in [3.63, 3.8) is 0 Å². The molecule has 4 heteroatoms. The van der Waals surface area contributed by atoms with Crippen LogP contribution in [0.25, 0.3) is 10.9 Å². The first-order valence-corrected chi connectivity index (χ1v) is 6.94. The van der Waals surface area contributed by atoms with Crippen LogP contribution in [0, 0.1) is 0 Å². The fraction of sp³-hybridized carbons (Fsp3) is 0.312. The molecule has 3 aromatic rings. The highest BCUT2D eigenvalue weighted by molar-refractivity contribution is 5.83. The molecule has 0 aliphatic heterocycles. The van der Waals surface area contributed by atoms with Crippen LogP contribution in [0.15, 0.2) is 47.2 Å². The second-order valence-electron chi connectivity index (χ2n) is 5.31. The Bertz CT molecular complexity index is 683. The quantitative estimate of drug-likeness (QED) is 0.773. The van der Waals surface area contributed by atoms with Gasteiger partial charge < -0.3 is 14.4 Å². The molecule has 0 aliphatic carbocycles. The summed E-state index contributed by atoms with van der Waals surface area (Å²) in [6.07, 6.45) is 3.78. The molecule has 1 aromatic carbocycles. The van der Waals surface area contributed by atoms with Gasteiger partial charge in [0.15, 0.2) is 5.76 Å². The molecular formula is C16H19N3O. The van der Waals surface area contributed by atoms with Crippen LogP contribution in [-0.2, 0) is 13.1 Å². The van der Waals surface area contributed by atoms with E-state index in [-0.39, 0.29) is 0 Å². The number of rotatable bonds is 5. The standard InChI is InChI=1S/C16H19N3O/c1-12(2)17-10-13-4-3-5-16-15(13)7-9-19(16)11-14-6-8-18-20-14/h3-9,12,17H,10-11H2,1-2H3. The first-order valence-electron chi connectivity index (χ1n) is 6.94. The van der Waals surface area contributed by atoms with Crippen LogP contribution in [-0.4, -0.2) is 15.8 Å². The molecule has 2 heterocycles. The minimum absolute atomic E-state index is 0.488. The number of aromatic nitrogens is 2. The van der Waals surface area contributed by atoms with Crippen molar-refractivity contribution in [1.29, 1.82) is 0 Å². The van der Waals surface area contributed by atoms with Gasteiger partial charge in [-0.3, -0.25) is 0 Å². The average molecular weight is 269 g/mol. The third kappa shape index (κ3) is 2.60. The Morgan fingerprint density at radius 3 is 2.90 bits per heavy atom. The molecule has 0 saturated carbocycles. The summed E-state index contributed by atoms with van der Waals surface area (Å²) in [5, 5.41) is 8.51. The highest BCUT2D eigenvalue weighted by Gasteiger charge is 2.07. The van der Waals surface area contributed by atoms with E-state index in [0.29, 0.717) is 12.6 Å². The Morgan fingerprint density at radius 2 is 2.15 bits per heavy atom. The predicted octanol–water partition coefficient (Wildman–Crippen LogP) is 3.18. The molecule has 2 aromatic heterocycles. The van der Waals surface area contributed by atoms with E-state index in [2.05, 4.69) is 59.4 Å². The van der Waals surface area contributed by atoms with Crippen molar-refractivity contribution in [2.24, 2.45) is 0 Å². The van der Waals surface area contributed by atoms with Crippen LogP contribution in [0.5, 0.6) is 0 Å². The number of hydrogen-bond acceptors (Lipinski definition) is 3. The molecule has 0 bridgehead atoms. The van der Waals surface area contributed by atoms with Crippen molar-refractivity contribution in [2.75, 3.05) is 0 Å². The topological polar surface area (TPSA) is 43.0 Å². The number of nitrogens with one attached hydrogen (secondary N) is 1. The molecule has 0 spiro atoms. The Balaban J connectivity index is 1.90. The summed E-state index contributed by atoms with van der Waals surface area (Å²) in [4.78, 5) is 0. The van der Waals surface area contributed by atoms with Crippen LogP contribution >= 0.6 is 0 Å². The Hall–Kier alpha value is -2.07. The molecule has 0 radical (unpaired) electrons. The van der Waals surface area contributed by atoms with Gasteiger partial charge in [-0.15, -0.1) is 0 Å². The molecule has 1 N–H and O–H groups in total. The summed E-state index contributed by atoms with van der Waals surface area (Å²) in [7, 11) is 0. The first kappa shape index (κ1) is 12.9. The minimum atomic E-state index is 0.488. The fourth-order valence-corrected chi connectivity index (χ4v) is 2.38. The van der Waals surface area contributed by atoms with Gasteiger partial charge in [-0.1, -0.05) is 31.1 Å². The monoisotopic (exact) mass is 269 g/mol. The summed E-state index contributed by atoms with van der Waals surface area (Å²) >= 11 is 0. The second kappa shape index (κ2) is 5.51. The van der Waals surface area contributed by atoms with Crippen molar-refractivity contribution < 1.29 is 4.52 Å². The largest absolute Gasteiger partial charge is 0.359 e. The zero-order valence-electron chi connectivity index (χ0n) is 11.8. The van der Waals surface area contributed by atoms with Gasteiger partial charge in [-0.05, 0) is 17.7 Å². The lowest BCUT2D eigenvalue weighted by Crippen LogP contribution is -2.21. The van der Waals surface area contributed by atoms with Crippen LogP contribution in [0.1, 0.15) is 25.2 Å². The zero-order valence-corrected chi connectivity index (χ0v) is 11.8.